The lowest BCUT2D eigenvalue weighted by Gasteiger charge is -2.12. The van der Waals surface area contributed by atoms with Crippen molar-refractivity contribution >= 4 is 49.7 Å². The molecule has 0 fully saturated rings. The highest BCUT2D eigenvalue weighted by Gasteiger charge is 2.19. The Morgan fingerprint density at radius 3 is 2.17 bits per heavy atom. The average Bonchev–Trinajstić information content (AvgIpc) is 3.56. The second-order valence-corrected chi connectivity index (χ2v) is 8.81. The number of aromatic nitrogens is 5. The lowest BCUT2D eigenvalue weighted by molar-refractivity contribution is 1.08. The number of pyridine rings is 2. The van der Waals surface area contributed by atoms with E-state index in [9.17, 15) is 0 Å². The van der Waals surface area contributed by atoms with Gasteiger partial charge < -0.3 is 0 Å². The van der Waals surface area contributed by atoms with Gasteiger partial charge in [-0.05, 0) is 54.6 Å². The molecule has 0 aliphatic carbocycles. The monoisotopic (exact) mass is 449 g/mol. The van der Waals surface area contributed by atoms with E-state index < -0.39 is 0 Å². The zero-order valence-electron chi connectivity index (χ0n) is 18.7. The fourth-order valence-corrected chi connectivity index (χ4v) is 5.45. The second kappa shape index (κ2) is 6.81. The van der Waals surface area contributed by atoms with Crippen molar-refractivity contribution in [3.63, 3.8) is 0 Å². The summed E-state index contributed by atoms with van der Waals surface area (Å²) in [6, 6.07) is 36.0. The Morgan fingerprint density at radius 2 is 1.29 bits per heavy atom. The van der Waals surface area contributed by atoms with Crippen LogP contribution < -0.4 is 0 Å². The van der Waals surface area contributed by atoms with Gasteiger partial charge in [0.15, 0.2) is 5.65 Å². The standard InChI is InChI=1S/C30H19N5/c1-3-14-25-22(11-1)23-13-8-17-31-29(23)34(25)20-9-7-10-21(19-20)35-26-15-4-2-12-24(26)28-30(35)33-18-6-5-16-27(33)32-28/h1-19H. The number of fused-ring (bicyclic) bond motifs is 8. The highest BCUT2D eigenvalue weighted by molar-refractivity contribution is 6.08. The predicted octanol–water partition coefficient (Wildman–Crippen LogP) is 6.92. The largest absolute Gasteiger partial charge is 0.294 e. The van der Waals surface area contributed by atoms with E-state index in [-0.39, 0.29) is 0 Å². The van der Waals surface area contributed by atoms with Crippen LogP contribution in [0.25, 0.3) is 61.0 Å². The van der Waals surface area contributed by atoms with E-state index in [0.717, 1.165) is 55.6 Å². The molecule has 5 heteroatoms. The van der Waals surface area contributed by atoms with Gasteiger partial charge in [-0.3, -0.25) is 13.5 Å². The third-order valence-electron chi connectivity index (χ3n) is 6.90. The molecular weight excluding hydrogens is 430 g/mol. The SMILES string of the molecule is c1cc(-n2c3ccccc3c3cccnc32)cc(-n2c3ccccc3c3nc4ccccn4c32)c1. The fraction of sp³-hybridized carbons (Fsp3) is 0. The summed E-state index contributed by atoms with van der Waals surface area (Å²) in [5.74, 6) is 0. The molecule has 5 nitrogen and oxygen atoms in total. The van der Waals surface area contributed by atoms with Crippen molar-refractivity contribution in [2.75, 3.05) is 0 Å². The Kier molecular flexibility index (Phi) is 3.60. The minimum absolute atomic E-state index is 0.944. The highest BCUT2D eigenvalue weighted by atomic mass is 15.2. The summed E-state index contributed by atoms with van der Waals surface area (Å²) < 4.78 is 6.74. The number of imidazole rings is 1. The van der Waals surface area contributed by atoms with Gasteiger partial charge in [-0.25, -0.2) is 9.97 Å². The zero-order chi connectivity index (χ0) is 22.9. The predicted molar refractivity (Wildman–Crippen MR) is 142 cm³/mol. The molecule has 0 N–H and O–H groups in total. The number of hydrogen-bond acceptors (Lipinski definition) is 2. The lowest BCUT2D eigenvalue weighted by Crippen LogP contribution is -2.00. The summed E-state index contributed by atoms with van der Waals surface area (Å²) in [6.45, 7) is 0. The molecule has 0 saturated heterocycles. The van der Waals surface area contributed by atoms with Crippen molar-refractivity contribution in [1.29, 1.82) is 0 Å². The molecule has 0 saturated carbocycles. The van der Waals surface area contributed by atoms with Gasteiger partial charge in [-0.2, -0.15) is 0 Å². The summed E-state index contributed by atoms with van der Waals surface area (Å²) >= 11 is 0. The minimum atomic E-state index is 0.944. The van der Waals surface area contributed by atoms with Gasteiger partial charge >= 0.3 is 0 Å². The Labute approximate surface area is 200 Å². The Bertz CT molecular complexity index is 2010. The van der Waals surface area contributed by atoms with Crippen LogP contribution in [0.2, 0.25) is 0 Å². The van der Waals surface area contributed by atoms with E-state index in [0.29, 0.717) is 0 Å². The molecule has 0 spiro atoms. The van der Waals surface area contributed by atoms with E-state index in [2.05, 4.69) is 111 Å². The van der Waals surface area contributed by atoms with Gasteiger partial charge in [0.2, 0.25) is 0 Å². The first-order chi connectivity index (χ1) is 17.4. The molecule has 164 valence electrons. The van der Waals surface area contributed by atoms with E-state index in [1.165, 1.54) is 5.39 Å². The van der Waals surface area contributed by atoms with Crippen molar-refractivity contribution in [3.05, 3.63) is 116 Å². The van der Waals surface area contributed by atoms with Crippen LogP contribution in [0, 0.1) is 0 Å². The fourth-order valence-electron chi connectivity index (χ4n) is 5.45. The molecule has 0 atom stereocenters. The Hall–Kier alpha value is -4.90. The molecule has 8 rings (SSSR count). The van der Waals surface area contributed by atoms with Crippen LogP contribution in [-0.4, -0.2) is 23.5 Å². The number of nitrogens with zero attached hydrogens (tertiary/aromatic N) is 5. The van der Waals surface area contributed by atoms with Crippen LogP contribution in [0.1, 0.15) is 0 Å². The van der Waals surface area contributed by atoms with Crippen LogP contribution in [-0.2, 0) is 0 Å². The molecule has 5 heterocycles. The maximum Gasteiger partial charge on any atom is 0.150 e. The average molecular weight is 450 g/mol. The third-order valence-corrected chi connectivity index (χ3v) is 6.90. The minimum Gasteiger partial charge on any atom is -0.294 e. The molecule has 0 aliphatic rings. The topological polar surface area (TPSA) is 40.0 Å². The summed E-state index contributed by atoms with van der Waals surface area (Å²) in [7, 11) is 0. The first-order valence-corrected chi connectivity index (χ1v) is 11.7. The van der Waals surface area contributed by atoms with Crippen LogP contribution in [0.15, 0.2) is 116 Å². The van der Waals surface area contributed by atoms with Crippen LogP contribution >= 0.6 is 0 Å². The van der Waals surface area contributed by atoms with Crippen LogP contribution in [0.3, 0.4) is 0 Å². The Balaban J connectivity index is 1.47. The molecule has 0 unspecified atom stereocenters. The third kappa shape index (κ3) is 2.47. The lowest BCUT2D eigenvalue weighted by atomic mass is 10.2. The summed E-state index contributed by atoms with van der Waals surface area (Å²) in [5.41, 5.74) is 8.43. The van der Waals surface area contributed by atoms with E-state index in [1.54, 1.807) is 0 Å². The molecule has 3 aromatic carbocycles. The van der Waals surface area contributed by atoms with Gasteiger partial charge in [0, 0.05) is 39.9 Å². The number of hydrogen-bond donors (Lipinski definition) is 0. The van der Waals surface area contributed by atoms with Crippen molar-refractivity contribution in [3.8, 4) is 11.4 Å². The van der Waals surface area contributed by atoms with Crippen molar-refractivity contribution in [2.45, 2.75) is 0 Å². The summed E-state index contributed by atoms with van der Waals surface area (Å²) in [4.78, 5) is 9.73. The highest BCUT2D eigenvalue weighted by Crippen LogP contribution is 2.34. The number of benzene rings is 3. The number of rotatable bonds is 2. The first kappa shape index (κ1) is 18.5. The number of para-hydroxylation sites is 2. The van der Waals surface area contributed by atoms with Crippen LogP contribution in [0.5, 0.6) is 0 Å². The molecule has 0 radical (unpaired) electrons. The van der Waals surface area contributed by atoms with E-state index in [1.807, 2.05) is 18.3 Å². The molecule has 35 heavy (non-hydrogen) atoms. The summed E-state index contributed by atoms with van der Waals surface area (Å²) in [5, 5.41) is 3.51. The second-order valence-electron chi connectivity index (χ2n) is 8.81. The normalized spacial score (nSPS) is 12.0. The quantitative estimate of drug-likeness (QED) is 0.287. The summed E-state index contributed by atoms with van der Waals surface area (Å²) in [6.07, 6.45) is 3.95. The maximum absolute atomic E-state index is 4.97. The molecule has 0 aliphatic heterocycles. The van der Waals surface area contributed by atoms with E-state index in [4.69, 9.17) is 9.97 Å². The van der Waals surface area contributed by atoms with Gasteiger partial charge in [-0.1, -0.05) is 48.5 Å². The van der Waals surface area contributed by atoms with Crippen molar-refractivity contribution in [2.24, 2.45) is 0 Å². The molecule has 8 aromatic rings. The van der Waals surface area contributed by atoms with Crippen molar-refractivity contribution in [1.82, 2.24) is 23.5 Å². The molecular formula is C30H19N5. The molecule has 5 aromatic heterocycles. The van der Waals surface area contributed by atoms with E-state index >= 15 is 0 Å². The van der Waals surface area contributed by atoms with Gasteiger partial charge in [-0.15, -0.1) is 0 Å². The maximum atomic E-state index is 4.97. The Morgan fingerprint density at radius 1 is 0.571 bits per heavy atom. The first-order valence-electron chi connectivity index (χ1n) is 11.7. The molecule has 0 amide bonds. The van der Waals surface area contributed by atoms with Crippen molar-refractivity contribution < 1.29 is 0 Å². The smallest absolute Gasteiger partial charge is 0.150 e. The van der Waals surface area contributed by atoms with Gasteiger partial charge in [0.25, 0.3) is 0 Å². The zero-order valence-corrected chi connectivity index (χ0v) is 18.7. The van der Waals surface area contributed by atoms with Gasteiger partial charge in [0.1, 0.15) is 16.8 Å². The van der Waals surface area contributed by atoms with Crippen LogP contribution in [0.4, 0.5) is 0 Å². The van der Waals surface area contributed by atoms with Gasteiger partial charge in [0.05, 0.1) is 11.0 Å². The molecule has 0 bridgehead atoms.